The van der Waals surface area contributed by atoms with Crippen LogP contribution in [-0.4, -0.2) is 9.97 Å². The smallest absolute Gasteiger partial charge is 0.229 e. The fourth-order valence-corrected chi connectivity index (χ4v) is 2.80. The van der Waals surface area contributed by atoms with E-state index in [-0.39, 0.29) is 12.4 Å². The van der Waals surface area contributed by atoms with Gasteiger partial charge in [-0.2, -0.15) is 15.5 Å². The Morgan fingerprint density at radius 1 is 0.966 bits per heavy atom. The van der Waals surface area contributed by atoms with Crippen molar-refractivity contribution in [2.24, 2.45) is 0 Å². The summed E-state index contributed by atoms with van der Waals surface area (Å²) in [5.41, 5.74) is 5.46. The van der Waals surface area contributed by atoms with Crippen molar-refractivity contribution >= 4 is 41.6 Å². The summed E-state index contributed by atoms with van der Waals surface area (Å²) in [5.74, 6) is 1.12. The van der Waals surface area contributed by atoms with Crippen LogP contribution in [0.3, 0.4) is 0 Å². The summed E-state index contributed by atoms with van der Waals surface area (Å²) in [4.78, 5) is 8.75. The molecule has 1 heterocycles. The minimum Gasteiger partial charge on any atom is -0.340 e. The standard InChI is InChI=1S/C22H18N6.ClH/c1-15-12-18(4-3-10-23)13-16(2)21(15)27-20-9-11-25-22(28-20)26-19-7-5-17(14-24)6-8-19;/h3-9,11-13H,1-2H3,(H2,25,26,27,28);1H/b4-3-;. The van der Waals surface area contributed by atoms with Crippen molar-refractivity contribution in [2.75, 3.05) is 10.6 Å². The Bertz CT molecular complexity index is 1080. The first kappa shape index (κ1) is 21.4. The van der Waals surface area contributed by atoms with Gasteiger partial charge in [0.2, 0.25) is 5.95 Å². The Hall–Kier alpha value is -3.87. The van der Waals surface area contributed by atoms with Gasteiger partial charge in [-0.3, -0.25) is 0 Å². The van der Waals surface area contributed by atoms with E-state index < -0.39 is 0 Å². The van der Waals surface area contributed by atoms with Crippen LogP contribution in [0.25, 0.3) is 6.08 Å². The summed E-state index contributed by atoms with van der Waals surface area (Å²) in [6, 6.07) is 17.0. The third-order valence-electron chi connectivity index (χ3n) is 4.08. The van der Waals surface area contributed by atoms with E-state index in [0.717, 1.165) is 28.1 Å². The third kappa shape index (κ3) is 5.55. The summed E-state index contributed by atoms with van der Waals surface area (Å²) in [6.45, 7) is 4.02. The predicted molar refractivity (Wildman–Crippen MR) is 118 cm³/mol. The molecule has 0 saturated carbocycles. The molecule has 1 aromatic heterocycles. The number of hydrogen-bond acceptors (Lipinski definition) is 6. The van der Waals surface area contributed by atoms with Gasteiger partial charge in [0.15, 0.2) is 0 Å². The van der Waals surface area contributed by atoms with E-state index in [9.17, 15) is 0 Å². The molecule has 6 nitrogen and oxygen atoms in total. The highest BCUT2D eigenvalue weighted by Gasteiger charge is 2.07. The van der Waals surface area contributed by atoms with E-state index in [0.29, 0.717) is 17.3 Å². The van der Waals surface area contributed by atoms with Gasteiger partial charge in [-0.1, -0.05) is 0 Å². The number of allylic oxidation sites excluding steroid dienone is 1. The number of rotatable bonds is 5. The topological polar surface area (TPSA) is 97.4 Å². The molecule has 0 radical (unpaired) electrons. The molecule has 3 aromatic rings. The van der Waals surface area contributed by atoms with Crippen LogP contribution in [0.5, 0.6) is 0 Å². The lowest BCUT2D eigenvalue weighted by Crippen LogP contribution is -2.02. The van der Waals surface area contributed by atoms with E-state index in [1.807, 2.05) is 44.2 Å². The quantitative estimate of drug-likeness (QED) is 0.553. The van der Waals surface area contributed by atoms with Crippen molar-refractivity contribution in [2.45, 2.75) is 13.8 Å². The maximum atomic E-state index is 8.88. The number of nitriles is 2. The van der Waals surface area contributed by atoms with Crippen LogP contribution in [0, 0.1) is 36.5 Å². The van der Waals surface area contributed by atoms with Gasteiger partial charge in [0, 0.05) is 23.6 Å². The van der Waals surface area contributed by atoms with Crippen LogP contribution in [0.4, 0.5) is 23.1 Å². The van der Waals surface area contributed by atoms with Crippen LogP contribution >= 0.6 is 12.4 Å². The number of hydrogen-bond donors (Lipinski definition) is 2. The lowest BCUT2D eigenvalue weighted by atomic mass is 10.0. The largest absolute Gasteiger partial charge is 0.340 e. The number of halogens is 1. The molecule has 144 valence electrons. The number of benzene rings is 2. The van der Waals surface area contributed by atoms with Crippen molar-refractivity contribution in [1.29, 1.82) is 10.5 Å². The zero-order chi connectivity index (χ0) is 19.9. The van der Waals surface area contributed by atoms with Crippen LogP contribution in [-0.2, 0) is 0 Å². The van der Waals surface area contributed by atoms with Crippen LogP contribution < -0.4 is 10.6 Å². The number of nitrogens with zero attached hydrogens (tertiary/aromatic N) is 4. The Kier molecular flexibility index (Phi) is 7.31. The minimum absolute atomic E-state index is 0. The second-order valence-corrected chi connectivity index (χ2v) is 6.20. The van der Waals surface area contributed by atoms with Crippen molar-refractivity contribution in [3.8, 4) is 12.1 Å². The Morgan fingerprint density at radius 3 is 2.28 bits per heavy atom. The van der Waals surface area contributed by atoms with Gasteiger partial charge in [0.1, 0.15) is 5.82 Å². The molecule has 0 amide bonds. The predicted octanol–water partition coefficient (Wildman–Crippen LogP) is 5.41. The highest BCUT2D eigenvalue weighted by atomic mass is 35.5. The van der Waals surface area contributed by atoms with Crippen molar-refractivity contribution in [3.05, 3.63) is 77.0 Å². The van der Waals surface area contributed by atoms with Crippen LogP contribution in [0.2, 0.25) is 0 Å². The van der Waals surface area contributed by atoms with Gasteiger partial charge in [0.25, 0.3) is 0 Å². The van der Waals surface area contributed by atoms with Gasteiger partial charge >= 0.3 is 0 Å². The number of aromatic nitrogens is 2. The summed E-state index contributed by atoms with van der Waals surface area (Å²) >= 11 is 0. The van der Waals surface area contributed by atoms with Gasteiger partial charge < -0.3 is 10.6 Å². The molecule has 0 unspecified atom stereocenters. The van der Waals surface area contributed by atoms with Gasteiger partial charge in [-0.25, -0.2) is 4.98 Å². The highest BCUT2D eigenvalue weighted by molar-refractivity contribution is 5.85. The summed E-state index contributed by atoms with van der Waals surface area (Å²) in [5, 5.41) is 24.0. The SMILES string of the molecule is Cc1cc(/C=C\C#N)cc(C)c1Nc1ccnc(Nc2ccc(C#N)cc2)n1.Cl. The number of anilines is 4. The Morgan fingerprint density at radius 2 is 1.66 bits per heavy atom. The fraction of sp³-hybridized carbons (Fsp3) is 0.0909. The summed E-state index contributed by atoms with van der Waals surface area (Å²) < 4.78 is 0. The van der Waals surface area contributed by atoms with Crippen LogP contribution in [0.15, 0.2) is 54.7 Å². The Labute approximate surface area is 176 Å². The molecule has 0 aliphatic rings. The summed E-state index contributed by atoms with van der Waals surface area (Å²) in [7, 11) is 0. The van der Waals surface area contributed by atoms with Crippen molar-refractivity contribution < 1.29 is 0 Å². The second kappa shape index (κ2) is 9.89. The van der Waals surface area contributed by atoms with E-state index in [1.54, 1.807) is 30.5 Å². The van der Waals surface area contributed by atoms with Crippen molar-refractivity contribution in [1.82, 2.24) is 9.97 Å². The molecule has 3 rings (SSSR count). The molecule has 0 atom stereocenters. The average Bonchev–Trinajstić information content (AvgIpc) is 2.70. The molecule has 0 saturated heterocycles. The zero-order valence-electron chi connectivity index (χ0n) is 16.0. The lowest BCUT2D eigenvalue weighted by Gasteiger charge is -2.14. The van der Waals surface area contributed by atoms with E-state index in [1.165, 1.54) is 6.08 Å². The first-order chi connectivity index (χ1) is 13.6. The molecular formula is C22H19ClN6. The molecule has 7 heteroatoms. The molecular weight excluding hydrogens is 384 g/mol. The van der Waals surface area contributed by atoms with E-state index >= 15 is 0 Å². The molecule has 0 spiro atoms. The molecule has 2 aromatic carbocycles. The summed E-state index contributed by atoms with van der Waals surface area (Å²) in [6.07, 6.45) is 4.93. The highest BCUT2D eigenvalue weighted by Crippen LogP contribution is 2.26. The number of aryl methyl sites for hydroxylation is 2. The monoisotopic (exact) mass is 402 g/mol. The Balaban J connectivity index is 0.00000300. The van der Waals surface area contributed by atoms with E-state index in [4.69, 9.17) is 10.5 Å². The van der Waals surface area contributed by atoms with Crippen LogP contribution in [0.1, 0.15) is 22.3 Å². The third-order valence-corrected chi connectivity index (χ3v) is 4.08. The minimum atomic E-state index is 0. The maximum Gasteiger partial charge on any atom is 0.229 e. The lowest BCUT2D eigenvalue weighted by molar-refractivity contribution is 1.16. The molecule has 0 bridgehead atoms. The normalized spacial score (nSPS) is 9.93. The molecule has 0 aliphatic carbocycles. The molecule has 0 fully saturated rings. The maximum absolute atomic E-state index is 8.88. The zero-order valence-corrected chi connectivity index (χ0v) is 16.8. The first-order valence-corrected chi connectivity index (χ1v) is 8.63. The van der Waals surface area contributed by atoms with Gasteiger partial charge in [-0.05, 0) is 79.1 Å². The molecule has 0 aliphatic heterocycles. The second-order valence-electron chi connectivity index (χ2n) is 6.20. The fourth-order valence-electron chi connectivity index (χ4n) is 2.80. The van der Waals surface area contributed by atoms with Gasteiger partial charge in [-0.15, -0.1) is 12.4 Å². The first-order valence-electron chi connectivity index (χ1n) is 8.63. The molecule has 2 N–H and O–H groups in total. The molecule has 29 heavy (non-hydrogen) atoms. The van der Waals surface area contributed by atoms with Crippen molar-refractivity contribution in [3.63, 3.8) is 0 Å². The number of nitrogens with one attached hydrogen (secondary N) is 2. The van der Waals surface area contributed by atoms with Gasteiger partial charge in [0.05, 0.1) is 17.7 Å². The van der Waals surface area contributed by atoms with E-state index in [2.05, 4.69) is 26.7 Å². The average molecular weight is 403 g/mol.